The average Bonchev–Trinajstić information content (AvgIpc) is 3.51. The van der Waals surface area contributed by atoms with Gasteiger partial charge in [0.25, 0.3) is 0 Å². The first-order valence-corrected chi connectivity index (χ1v) is 15.7. The van der Waals surface area contributed by atoms with Gasteiger partial charge in [0.05, 0.1) is 19.6 Å². The Balaban J connectivity index is 3.04. The number of nitrogens with one attached hydrogen (secondary N) is 6. The van der Waals surface area contributed by atoms with Crippen LogP contribution in [0.5, 0.6) is 0 Å². The Bertz CT molecular complexity index is 1210. The average molecular weight is 684 g/mol. The predicted molar refractivity (Wildman–Crippen MR) is 169 cm³/mol. The largest absolute Gasteiger partial charge is 0.480 e. The predicted octanol–water partition coefficient (Wildman–Crippen LogP) is -4.21. The SMILES string of the molecule is CC(C)C[C@H](NC(=O)CNC(=O)CNC(=O)CN)C(=O)N[C@H](C(=O)N[C@@H](CCC(N)=O)C(=O)N1CCC[C@H]1C(=O)NCC(=O)O)C(C)C. The molecular weight excluding hydrogens is 634 g/mol. The molecule has 0 bridgehead atoms. The summed E-state index contributed by atoms with van der Waals surface area (Å²) in [6.07, 6.45) is 0.389. The minimum Gasteiger partial charge on any atom is -0.480 e. The van der Waals surface area contributed by atoms with Gasteiger partial charge in [-0.3, -0.25) is 43.2 Å². The summed E-state index contributed by atoms with van der Waals surface area (Å²) in [6.45, 7) is 5.20. The second kappa shape index (κ2) is 20.4. The van der Waals surface area contributed by atoms with Crippen LogP contribution in [0.3, 0.4) is 0 Å². The molecule has 1 saturated heterocycles. The summed E-state index contributed by atoms with van der Waals surface area (Å²) in [7, 11) is 0. The van der Waals surface area contributed by atoms with Gasteiger partial charge in [0.2, 0.25) is 47.3 Å². The van der Waals surface area contributed by atoms with Crippen molar-refractivity contribution in [3.05, 3.63) is 0 Å². The molecule has 270 valence electrons. The minimum atomic E-state index is -1.31. The molecule has 1 aliphatic rings. The van der Waals surface area contributed by atoms with E-state index < -0.39 is 103 Å². The first-order valence-electron chi connectivity index (χ1n) is 15.7. The van der Waals surface area contributed by atoms with Gasteiger partial charge in [-0.25, -0.2) is 0 Å². The summed E-state index contributed by atoms with van der Waals surface area (Å²) >= 11 is 0. The number of hydrogen-bond donors (Lipinski definition) is 9. The normalized spacial score (nSPS) is 15.9. The van der Waals surface area contributed by atoms with Gasteiger partial charge < -0.3 is 53.4 Å². The number of hydrogen-bond acceptors (Lipinski definition) is 10. The maximum Gasteiger partial charge on any atom is 0.322 e. The van der Waals surface area contributed by atoms with Crippen LogP contribution in [0.1, 0.15) is 59.8 Å². The number of carboxylic acid groups (broad SMARTS) is 1. The van der Waals surface area contributed by atoms with Gasteiger partial charge in [-0.05, 0) is 37.5 Å². The Labute approximate surface area is 278 Å². The fraction of sp³-hybridized carbons (Fsp3) is 0.690. The molecule has 0 radical (unpaired) electrons. The molecule has 1 aliphatic heterocycles. The van der Waals surface area contributed by atoms with Crippen LogP contribution in [-0.2, 0) is 43.2 Å². The highest BCUT2D eigenvalue weighted by Crippen LogP contribution is 2.20. The van der Waals surface area contributed by atoms with Gasteiger partial charge in [0, 0.05) is 13.0 Å². The Morgan fingerprint density at radius 2 is 1.42 bits per heavy atom. The third-order valence-electron chi connectivity index (χ3n) is 7.23. The van der Waals surface area contributed by atoms with E-state index in [1.807, 2.05) is 13.8 Å². The van der Waals surface area contributed by atoms with Crippen LogP contribution in [0.2, 0.25) is 0 Å². The molecule has 19 nitrogen and oxygen atoms in total. The molecule has 1 rings (SSSR count). The van der Waals surface area contributed by atoms with E-state index in [0.29, 0.717) is 6.42 Å². The van der Waals surface area contributed by atoms with Crippen molar-refractivity contribution in [1.82, 2.24) is 36.8 Å². The van der Waals surface area contributed by atoms with Crippen LogP contribution in [0.25, 0.3) is 0 Å². The summed E-state index contributed by atoms with van der Waals surface area (Å²) < 4.78 is 0. The fourth-order valence-electron chi connectivity index (χ4n) is 4.82. The summed E-state index contributed by atoms with van der Waals surface area (Å²) in [5.41, 5.74) is 10.5. The minimum absolute atomic E-state index is 0.0784. The molecule has 0 aliphatic carbocycles. The third-order valence-corrected chi connectivity index (χ3v) is 7.23. The lowest BCUT2D eigenvalue weighted by atomic mass is 9.99. The number of primary amides is 1. The molecule has 0 spiro atoms. The quantitative estimate of drug-likeness (QED) is 0.0592. The number of likely N-dealkylation sites (tertiary alicyclic amines) is 1. The lowest BCUT2D eigenvalue weighted by Crippen LogP contribution is -2.60. The number of nitrogens with two attached hydrogens (primary N) is 2. The summed E-state index contributed by atoms with van der Waals surface area (Å²) in [5, 5.41) is 23.4. The van der Waals surface area contributed by atoms with Crippen LogP contribution in [-0.4, -0.2) is 120 Å². The molecule has 4 atom stereocenters. The van der Waals surface area contributed by atoms with Gasteiger partial charge in [0.15, 0.2) is 0 Å². The van der Waals surface area contributed by atoms with Crippen molar-refractivity contribution in [3.63, 3.8) is 0 Å². The lowest BCUT2D eigenvalue weighted by Gasteiger charge is -2.31. The third kappa shape index (κ3) is 14.7. The molecule has 0 aromatic rings. The Kier molecular flexibility index (Phi) is 17.5. The van der Waals surface area contributed by atoms with Crippen LogP contribution >= 0.6 is 0 Å². The molecule has 19 heteroatoms. The Hall–Kier alpha value is -4.81. The van der Waals surface area contributed by atoms with E-state index in [9.17, 15) is 43.2 Å². The monoisotopic (exact) mass is 683 g/mol. The zero-order valence-corrected chi connectivity index (χ0v) is 27.8. The van der Waals surface area contributed by atoms with Gasteiger partial charge in [0.1, 0.15) is 30.7 Å². The number of carbonyl (C=O) groups excluding carboxylic acids is 8. The smallest absolute Gasteiger partial charge is 0.322 e. The first kappa shape index (κ1) is 41.2. The van der Waals surface area contributed by atoms with E-state index in [1.165, 1.54) is 4.90 Å². The molecule has 11 N–H and O–H groups in total. The number of carbonyl (C=O) groups is 9. The second-order valence-electron chi connectivity index (χ2n) is 12.1. The van der Waals surface area contributed by atoms with Crippen molar-refractivity contribution in [2.45, 2.75) is 84.0 Å². The molecular formula is C29H49N9O10. The molecule has 1 heterocycles. The van der Waals surface area contributed by atoms with Crippen LogP contribution < -0.4 is 43.4 Å². The van der Waals surface area contributed by atoms with E-state index in [2.05, 4.69) is 31.9 Å². The molecule has 0 unspecified atom stereocenters. The van der Waals surface area contributed by atoms with Crippen molar-refractivity contribution in [1.29, 1.82) is 0 Å². The zero-order chi connectivity index (χ0) is 36.6. The van der Waals surface area contributed by atoms with E-state index in [4.69, 9.17) is 16.6 Å². The summed E-state index contributed by atoms with van der Waals surface area (Å²) in [5.74, 6) is -7.35. The molecule has 8 amide bonds. The van der Waals surface area contributed by atoms with E-state index in [-0.39, 0.29) is 44.7 Å². The van der Waals surface area contributed by atoms with E-state index >= 15 is 0 Å². The number of amides is 8. The highest BCUT2D eigenvalue weighted by atomic mass is 16.4. The van der Waals surface area contributed by atoms with E-state index in [1.54, 1.807) is 13.8 Å². The van der Waals surface area contributed by atoms with Gasteiger partial charge in [-0.2, -0.15) is 0 Å². The molecule has 0 aromatic heterocycles. The second-order valence-corrected chi connectivity index (χ2v) is 12.1. The standard InChI is InChI=1S/C29H49N9O10/c1-15(2)10-18(35-23(42)13-33-22(41)12-32-21(40)11-30)26(45)37-25(16(3)4)28(47)36-17(7-8-20(31)39)29(48)38-9-5-6-19(38)27(46)34-14-24(43)44/h15-19,25H,5-14,30H2,1-4H3,(H2,31,39)(H,32,40)(H,33,41)(H,34,46)(H,35,42)(H,36,47)(H,37,45)(H,43,44)/t17-,18-,19-,25-/m0/s1. The highest BCUT2D eigenvalue weighted by Gasteiger charge is 2.39. The topological polar surface area (TPSA) is 301 Å². The highest BCUT2D eigenvalue weighted by molar-refractivity contribution is 5.97. The Morgan fingerprint density at radius 1 is 0.792 bits per heavy atom. The number of nitrogens with zero attached hydrogens (tertiary/aromatic N) is 1. The van der Waals surface area contributed by atoms with Crippen molar-refractivity contribution < 1.29 is 48.3 Å². The van der Waals surface area contributed by atoms with Crippen LogP contribution in [0.4, 0.5) is 0 Å². The molecule has 1 fully saturated rings. The van der Waals surface area contributed by atoms with Crippen molar-refractivity contribution in [2.24, 2.45) is 23.3 Å². The molecule has 0 aromatic carbocycles. The van der Waals surface area contributed by atoms with Crippen LogP contribution in [0.15, 0.2) is 0 Å². The van der Waals surface area contributed by atoms with Crippen LogP contribution in [0, 0.1) is 11.8 Å². The molecule has 0 saturated carbocycles. The van der Waals surface area contributed by atoms with E-state index in [0.717, 1.165) is 0 Å². The summed E-state index contributed by atoms with van der Waals surface area (Å²) in [4.78, 5) is 112. The van der Waals surface area contributed by atoms with Gasteiger partial charge in [-0.15, -0.1) is 0 Å². The van der Waals surface area contributed by atoms with Gasteiger partial charge >= 0.3 is 5.97 Å². The maximum absolute atomic E-state index is 13.6. The Morgan fingerprint density at radius 3 is 1.98 bits per heavy atom. The van der Waals surface area contributed by atoms with Crippen molar-refractivity contribution >= 4 is 53.2 Å². The number of rotatable bonds is 20. The summed E-state index contributed by atoms with van der Waals surface area (Å²) in [6, 6.07) is -4.60. The first-order chi connectivity index (χ1) is 22.5. The maximum atomic E-state index is 13.6. The lowest BCUT2D eigenvalue weighted by molar-refractivity contribution is -0.143. The number of aliphatic carboxylic acids is 1. The fourth-order valence-corrected chi connectivity index (χ4v) is 4.82. The molecule has 48 heavy (non-hydrogen) atoms. The van der Waals surface area contributed by atoms with Crippen molar-refractivity contribution in [2.75, 3.05) is 32.7 Å². The van der Waals surface area contributed by atoms with Gasteiger partial charge in [-0.1, -0.05) is 27.7 Å². The van der Waals surface area contributed by atoms with Crippen molar-refractivity contribution in [3.8, 4) is 0 Å². The number of carboxylic acids is 1. The zero-order valence-electron chi connectivity index (χ0n) is 27.8.